The van der Waals surface area contributed by atoms with Crippen LogP contribution in [0.3, 0.4) is 0 Å². The quantitative estimate of drug-likeness (QED) is 0.357. The summed E-state index contributed by atoms with van der Waals surface area (Å²) in [5.74, 6) is 2.14. The van der Waals surface area contributed by atoms with Crippen LogP contribution >= 0.6 is 0 Å². The largest absolute Gasteiger partial charge is 0.508 e. The van der Waals surface area contributed by atoms with Crippen LogP contribution in [-0.2, 0) is 6.42 Å². The number of aliphatic hydroxyl groups is 1. The molecule has 0 heterocycles. The second-order valence-electron chi connectivity index (χ2n) is 11.0. The number of hydrogen-bond donors (Lipinski definition) is 2. The molecule has 0 aromatic heterocycles. The molecule has 32 heavy (non-hydrogen) atoms. The zero-order chi connectivity index (χ0) is 23.3. The van der Waals surface area contributed by atoms with Crippen molar-refractivity contribution in [2.24, 2.45) is 28.6 Å². The molecule has 178 valence electrons. The molecule has 0 bridgehead atoms. The number of halogens is 3. The van der Waals surface area contributed by atoms with Gasteiger partial charge >= 0.3 is 6.18 Å². The van der Waals surface area contributed by atoms with Crippen LogP contribution in [-0.4, -0.2) is 22.5 Å². The van der Waals surface area contributed by atoms with E-state index in [4.69, 9.17) is 0 Å². The number of phenols is 1. The highest BCUT2D eigenvalue weighted by Crippen LogP contribution is 2.71. The van der Waals surface area contributed by atoms with E-state index < -0.39 is 12.3 Å². The molecular weight excluding hydrogens is 413 g/mol. The van der Waals surface area contributed by atoms with Crippen LogP contribution < -0.4 is 0 Å². The number of phenolic OH excluding ortho intramolecular Hbond substituents is 1. The average Bonchev–Trinajstić information content (AvgIpc) is 3.04. The average molecular weight is 451 g/mol. The van der Waals surface area contributed by atoms with Gasteiger partial charge in [-0.3, -0.25) is 0 Å². The van der Waals surface area contributed by atoms with E-state index in [1.54, 1.807) is 6.07 Å². The van der Waals surface area contributed by atoms with Crippen LogP contribution in [0.4, 0.5) is 13.2 Å². The van der Waals surface area contributed by atoms with E-state index in [2.05, 4.69) is 32.6 Å². The first-order valence-corrected chi connectivity index (χ1v) is 12.2. The highest BCUT2D eigenvalue weighted by molar-refractivity contribution is 5.43. The van der Waals surface area contributed by atoms with E-state index in [1.165, 1.54) is 24.0 Å². The molecule has 3 aliphatic carbocycles. The molecule has 0 radical (unpaired) electrons. The van der Waals surface area contributed by atoms with Crippen molar-refractivity contribution in [3.05, 3.63) is 42.0 Å². The second kappa shape index (κ2) is 8.38. The van der Waals surface area contributed by atoms with Crippen LogP contribution in [0, 0.1) is 28.6 Å². The first-order valence-electron chi connectivity index (χ1n) is 12.2. The number of allylic oxidation sites excluding steroid dienone is 1. The van der Waals surface area contributed by atoms with Crippen molar-refractivity contribution >= 4 is 0 Å². The lowest BCUT2D eigenvalue weighted by Crippen LogP contribution is -2.52. The second-order valence-corrected chi connectivity index (χ2v) is 11.0. The minimum Gasteiger partial charge on any atom is -0.508 e. The SMILES string of the molecule is C=CC12CCc3cc(O)ccc3[C@H]1[C@@H](CCCC[C@H](O)C(F)(F)F)C[C@]1(C)[C@H](C)CC[C@@H]21. The first-order chi connectivity index (χ1) is 15.0. The van der Waals surface area contributed by atoms with Gasteiger partial charge < -0.3 is 10.2 Å². The number of benzene rings is 1. The zero-order valence-corrected chi connectivity index (χ0v) is 19.3. The van der Waals surface area contributed by atoms with E-state index in [0.29, 0.717) is 42.3 Å². The highest BCUT2D eigenvalue weighted by Gasteiger charge is 2.62. The molecule has 1 aromatic rings. The molecule has 7 atom stereocenters. The summed E-state index contributed by atoms with van der Waals surface area (Å²) in [6.07, 6.45) is 2.61. The van der Waals surface area contributed by atoms with Gasteiger partial charge in [-0.05, 0) is 103 Å². The zero-order valence-electron chi connectivity index (χ0n) is 19.3. The fourth-order valence-electron chi connectivity index (χ4n) is 7.87. The van der Waals surface area contributed by atoms with Gasteiger partial charge in [0, 0.05) is 0 Å². The molecule has 2 nitrogen and oxygen atoms in total. The van der Waals surface area contributed by atoms with Crippen molar-refractivity contribution in [3.8, 4) is 5.75 Å². The van der Waals surface area contributed by atoms with Gasteiger partial charge in [-0.1, -0.05) is 38.8 Å². The molecule has 0 saturated heterocycles. The Labute approximate surface area is 189 Å². The number of aromatic hydroxyl groups is 1. The minimum atomic E-state index is -4.53. The van der Waals surface area contributed by atoms with Gasteiger partial charge in [0.2, 0.25) is 0 Å². The Morgan fingerprint density at radius 3 is 2.69 bits per heavy atom. The van der Waals surface area contributed by atoms with Crippen molar-refractivity contribution in [1.82, 2.24) is 0 Å². The molecule has 0 amide bonds. The van der Waals surface area contributed by atoms with Gasteiger partial charge in [0.15, 0.2) is 0 Å². The Hall–Kier alpha value is -1.49. The fourth-order valence-corrected chi connectivity index (χ4v) is 7.87. The summed E-state index contributed by atoms with van der Waals surface area (Å²) in [5.41, 5.74) is 2.73. The van der Waals surface area contributed by atoms with E-state index in [-0.39, 0.29) is 17.3 Å². The summed E-state index contributed by atoms with van der Waals surface area (Å²) in [5, 5.41) is 19.4. The standard InChI is InChI=1S/C27H37F3O2/c1-4-26-14-13-18-15-20(31)10-11-21(18)24(26)19(7-5-6-8-23(32)27(28,29)30)16-25(3)17(2)9-12-22(25)26/h4,10-11,15,17,19,22-24,31-32H,1,5-9,12-14,16H2,2-3H3/t17-,19+,22-,23+,24-,25-,26?/m1/s1. The Morgan fingerprint density at radius 1 is 1.25 bits per heavy atom. The van der Waals surface area contributed by atoms with Gasteiger partial charge in [-0.25, -0.2) is 0 Å². The molecule has 2 N–H and O–H groups in total. The predicted molar refractivity (Wildman–Crippen MR) is 120 cm³/mol. The third-order valence-electron chi connectivity index (χ3n) is 9.56. The number of aryl methyl sites for hydroxylation is 1. The summed E-state index contributed by atoms with van der Waals surface area (Å²) in [6, 6.07) is 5.75. The maximum absolute atomic E-state index is 12.7. The van der Waals surface area contributed by atoms with E-state index in [9.17, 15) is 23.4 Å². The van der Waals surface area contributed by atoms with Crippen molar-refractivity contribution in [3.63, 3.8) is 0 Å². The maximum atomic E-state index is 12.7. The molecule has 2 saturated carbocycles. The van der Waals surface area contributed by atoms with E-state index >= 15 is 0 Å². The molecule has 0 aliphatic heterocycles. The van der Waals surface area contributed by atoms with Gasteiger partial charge in [-0.15, -0.1) is 6.58 Å². The van der Waals surface area contributed by atoms with Crippen LogP contribution in [0.1, 0.15) is 82.3 Å². The molecule has 2 fully saturated rings. The Morgan fingerprint density at radius 2 is 2.00 bits per heavy atom. The summed E-state index contributed by atoms with van der Waals surface area (Å²) in [6.45, 7) is 9.14. The number of unbranched alkanes of at least 4 members (excludes halogenated alkanes) is 1. The lowest BCUT2D eigenvalue weighted by Gasteiger charge is -2.60. The van der Waals surface area contributed by atoms with Crippen molar-refractivity contribution < 1.29 is 23.4 Å². The molecule has 4 rings (SSSR count). The Bertz CT molecular complexity index is 850. The summed E-state index contributed by atoms with van der Waals surface area (Å²) in [7, 11) is 0. The van der Waals surface area contributed by atoms with Crippen LogP contribution in [0.25, 0.3) is 0 Å². The molecule has 1 aromatic carbocycles. The lowest BCUT2D eigenvalue weighted by atomic mass is 9.43. The van der Waals surface area contributed by atoms with Crippen LogP contribution in [0.2, 0.25) is 0 Å². The third kappa shape index (κ3) is 3.78. The predicted octanol–water partition coefficient (Wildman–Crippen LogP) is 7.15. The summed E-state index contributed by atoms with van der Waals surface area (Å²) >= 11 is 0. The Kier molecular flexibility index (Phi) is 6.19. The first kappa shape index (κ1) is 23.7. The third-order valence-corrected chi connectivity index (χ3v) is 9.56. The van der Waals surface area contributed by atoms with Crippen molar-refractivity contribution in [1.29, 1.82) is 0 Å². The summed E-state index contributed by atoms with van der Waals surface area (Å²) < 4.78 is 38.1. The number of hydrogen-bond acceptors (Lipinski definition) is 2. The number of rotatable bonds is 6. The fraction of sp³-hybridized carbons (Fsp3) is 0.704. The number of alkyl halides is 3. The monoisotopic (exact) mass is 450 g/mol. The summed E-state index contributed by atoms with van der Waals surface area (Å²) in [4.78, 5) is 0. The smallest absolute Gasteiger partial charge is 0.414 e. The van der Waals surface area contributed by atoms with Crippen molar-refractivity contribution in [2.45, 2.75) is 89.8 Å². The molecule has 1 unspecified atom stereocenters. The molecule has 0 spiro atoms. The van der Waals surface area contributed by atoms with Gasteiger partial charge in [0.25, 0.3) is 0 Å². The number of aliphatic hydroxyl groups excluding tert-OH is 1. The maximum Gasteiger partial charge on any atom is 0.414 e. The van der Waals surface area contributed by atoms with Gasteiger partial charge in [-0.2, -0.15) is 13.2 Å². The molecular formula is C27H37F3O2. The minimum absolute atomic E-state index is 0.00210. The lowest BCUT2D eigenvalue weighted by molar-refractivity contribution is -0.205. The normalized spacial score (nSPS) is 37.3. The van der Waals surface area contributed by atoms with E-state index in [0.717, 1.165) is 25.7 Å². The molecule has 3 aliphatic rings. The van der Waals surface area contributed by atoms with E-state index in [1.807, 2.05) is 6.07 Å². The topological polar surface area (TPSA) is 40.5 Å². The number of fused-ring (bicyclic) bond motifs is 5. The molecule has 5 heteroatoms. The highest BCUT2D eigenvalue weighted by atomic mass is 19.4. The van der Waals surface area contributed by atoms with Crippen LogP contribution in [0.5, 0.6) is 5.75 Å². The van der Waals surface area contributed by atoms with Crippen LogP contribution in [0.15, 0.2) is 30.9 Å². The van der Waals surface area contributed by atoms with Gasteiger partial charge in [0.05, 0.1) is 0 Å². The van der Waals surface area contributed by atoms with Crippen molar-refractivity contribution in [2.75, 3.05) is 0 Å². The van der Waals surface area contributed by atoms with Gasteiger partial charge in [0.1, 0.15) is 11.9 Å². The Balaban J connectivity index is 1.63.